The molecule has 1 heterocycles. The predicted octanol–water partition coefficient (Wildman–Crippen LogP) is 3.33. The zero-order chi connectivity index (χ0) is 17.3. The minimum absolute atomic E-state index is 0.00385. The number of rotatable bonds is 3. The van der Waals surface area contributed by atoms with Crippen LogP contribution in [0.3, 0.4) is 0 Å². The molecule has 1 aromatic carbocycles. The standard InChI is InChI=1S/C17H19N3O3S/c1-18-15(11-12-6-5-9-14(10-12)20(22)23)16(21)19(17(18)24)13-7-3-2-4-8-13/h5-6,9-11,13H,2-4,7-8H2,1H3/b15-11-. The first-order valence-corrected chi connectivity index (χ1v) is 8.47. The van der Waals surface area contributed by atoms with Gasteiger partial charge in [0.1, 0.15) is 5.70 Å². The van der Waals surface area contributed by atoms with Gasteiger partial charge in [-0.25, -0.2) is 0 Å². The van der Waals surface area contributed by atoms with E-state index in [4.69, 9.17) is 12.2 Å². The van der Waals surface area contributed by atoms with Gasteiger partial charge in [-0.3, -0.25) is 19.8 Å². The molecule has 0 bridgehead atoms. The molecule has 0 radical (unpaired) electrons. The predicted molar refractivity (Wildman–Crippen MR) is 95.2 cm³/mol. The molecule has 1 amide bonds. The lowest BCUT2D eigenvalue weighted by molar-refractivity contribution is -0.384. The topological polar surface area (TPSA) is 66.7 Å². The third-order valence-electron chi connectivity index (χ3n) is 4.62. The highest BCUT2D eigenvalue weighted by Gasteiger charge is 2.40. The normalized spacial score (nSPS) is 21.0. The lowest BCUT2D eigenvalue weighted by atomic mass is 9.94. The van der Waals surface area contributed by atoms with Crippen molar-refractivity contribution in [1.29, 1.82) is 0 Å². The molecule has 2 fully saturated rings. The highest BCUT2D eigenvalue weighted by molar-refractivity contribution is 7.80. The Hall–Kier alpha value is -2.28. The summed E-state index contributed by atoms with van der Waals surface area (Å²) in [6.07, 6.45) is 7.06. The van der Waals surface area contributed by atoms with Crippen molar-refractivity contribution in [3.63, 3.8) is 0 Å². The van der Waals surface area contributed by atoms with Crippen LogP contribution in [0.5, 0.6) is 0 Å². The molecule has 6 nitrogen and oxygen atoms in total. The van der Waals surface area contributed by atoms with Gasteiger partial charge in [0.05, 0.1) is 4.92 Å². The van der Waals surface area contributed by atoms with Crippen molar-refractivity contribution in [1.82, 2.24) is 9.80 Å². The zero-order valence-electron chi connectivity index (χ0n) is 13.5. The first-order chi connectivity index (χ1) is 11.5. The number of nitro benzene ring substituents is 1. The van der Waals surface area contributed by atoms with Gasteiger partial charge in [0.25, 0.3) is 11.6 Å². The molecule has 0 unspecified atom stereocenters. The summed E-state index contributed by atoms with van der Waals surface area (Å²) in [5, 5.41) is 11.4. The Balaban J connectivity index is 1.90. The number of hydrogen-bond acceptors (Lipinski definition) is 4. The molecule has 0 N–H and O–H groups in total. The second-order valence-electron chi connectivity index (χ2n) is 6.19. The molecule has 24 heavy (non-hydrogen) atoms. The third kappa shape index (κ3) is 3.03. The van der Waals surface area contributed by atoms with E-state index in [2.05, 4.69) is 0 Å². The van der Waals surface area contributed by atoms with Crippen LogP contribution in [0.2, 0.25) is 0 Å². The maximum Gasteiger partial charge on any atom is 0.277 e. The van der Waals surface area contributed by atoms with Crippen LogP contribution in [-0.2, 0) is 4.79 Å². The lowest BCUT2D eigenvalue weighted by Gasteiger charge is -2.30. The number of likely N-dealkylation sites (N-methyl/N-ethyl adjacent to an activating group) is 1. The Morgan fingerprint density at radius 3 is 2.67 bits per heavy atom. The molecule has 0 atom stereocenters. The summed E-state index contributed by atoms with van der Waals surface area (Å²) in [4.78, 5) is 26.7. The molecule has 3 rings (SSSR count). The minimum Gasteiger partial charge on any atom is -0.317 e. The van der Waals surface area contributed by atoms with Crippen LogP contribution in [0.1, 0.15) is 37.7 Å². The quantitative estimate of drug-likeness (QED) is 0.364. The van der Waals surface area contributed by atoms with Gasteiger partial charge in [0.15, 0.2) is 5.11 Å². The van der Waals surface area contributed by atoms with Gasteiger partial charge in [0, 0.05) is 25.2 Å². The average molecular weight is 345 g/mol. The second kappa shape index (κ2) is 6.68. The number of carbonyl (C=O) groups excluding carboxylic acids is 1. The molecule has 2 aliphatic rings. The van der Waals surface area contributed by atoms with Gasteiger partial charge in [-0.05, 0) is 36.7 Å². The summed E-state index contributed by atoms with van der Waals surface area (Å²) in [6.45, 7) is 0. The number of amides is 1. The Bertz CT molecular complexity index is 726. The summed E-state index contributed by atoms with van der Waals surface area (Å²) >= 11 is 5.46. The summed E-state index contributed by atoms with van der Waals surface area (Å²) < 4.78 is 0. The van der Waals surface area contributed by atoms with E-state index >= 15 is 0 Å². The van der Waals surface area contributed by atoms with Crippen molar-refractivity contribution in [2.75, 3.05) is 7.05 Å². The van der Waals surface area contributed by atoms with Crippen LogP contribution in [-0.4, -0.2) is 38.8 Å². The van der Waals surface area contributed by atoms with E-state index in [1.54, 1.807) is 35.1 Å². The van der Waals surface area contributed by atoms with E-state index in [0.717, 1.165) is 25.7 Å². The second-order valence-corrected chi connectivity index (χ2v) is 6.56. The molecule has 1 aliphatic heterocycles. The zero-order valence-corrected chi connectivity index (χ0v) is 14.3. The van der Waals surface area contributed by atoms with E-state index in [0.29, 0.717) is 16.4 Å². The van der Waals surface area contributed by atoms with E-state index in [-0.39, 0.29) is 17.6 Å². The van der Waals surface area contributed by atoms with Crippen molar-refractivity contribution in [3.05, 3.63) is 45.6 Å². The Morgan fingerprint density at radius 2 is 2.00 bits per heavy atom. The average Bonchev–Trinajstić information content (AvgIpc) is 2.79. The van der Waals surface area contributed by atoms with Gasteiger partial charge < -0.3 is 4.90 Å². The lowest BCUT2D eigenvalue weighted by Crippen LogP contribution is -2.41. The Kier molecular flexibility index (Phi) is 4.62. The summed E-state index contributed by atoms with van der Waals surface area (Å²) in [5.74, 6) is -0.110. The molecular weight excluding hydrogens is 326 g/mol. The highest BCUT2D eigenvalue weighted by Crippen LogP contribution is 2.30. The number of nitro groups is 1. The first-order valence-electron chi connectivity index (χ1n) is 8.06. The summed E-state index contributed by atoms with van der Waals surface area (Å²) in [6, 6.07) is 6.41. The molecule has 1 aliphatic carbocycles. The van der Waals surface area contributed by atoms with Crippen molar-refractivity contribution in [3.8, 4) is 0 Å². The van der Waals surface area contributed by atoms with Crippen LogP contribution in [0.15, 0.2) is 30.0 Å². The molecule has 126 valence electrons. The summed E-state index contributed by atoms with van der Waals surface area (Å²) in [7, 11) is 1.77. The molecule has 1 saturated carbocycles. The van der Waals surface area contributed by atoms with Gasteiger partial charge >= 0.3 is 0 Å². The minimum atomic E-state index is -0.443. The fourth-order valence-corrected chi connectivity index (χ4v) is 3.65. The Labute approximate surface area is 145 Å². The van der Waals surface area contributed by atoms with Crippen LogP contribution in [0.4, 0.5) is 5.69 Å². The van der Waals surface area contributed by atoms with Crippen molar-refractivity contribution in [2.24, 2.45) is 0 Å². The van der Waals surface area contributed by atoms with Crippen molar-refractivity contribution in [2.45, 2.75) is 38.1 Å². The van der Waals surface area contributed by atoms with Crippen molar-refractivity contribution < 1.29 is 9.72 Å². The maximum atomic E-state index is 12.8. The molecule has 0 aromatic heterocycles. The van der Waals surface area contributed by atoms with E-state index in [9.17, 15) is 14.9 Å². The number of non-ortho nitro benzene ring substituents is 1. The van der Waals surface area contributed by atoms with Crippen LogP contribution in [0.25, 0.3) is 6.08 Å². The Morgan fingerprint density at radius 1 is 1.29 bits per heavy atom. The fraction of sp³-hybridized carbons (Fsp3) is 0.412. The number of hydrogen-bond donors (Lipinski definition) is 0. The van der Waals surface area contributed by atoms with Crippen LogP contribution >= 0.6 is 12.2 Å². The van der Waals surface area contributed by atoms with Gasteiger partial charge in [-0.1, -0.05) is 31.4 Å². The van der Waals surface area contributed by atoms with Crippen LogP contribution < -0.4 is 0 Å². The molecule has 7 heteroatoms. The van der Waals surface area contributed by atoms with Gasteiger partial charge in [-0.2, -0.15) is 0 Å². The molecule has 1 saturated heterocycles. The van der Waals surface area contributed by atoms with Gasteiger partial charge in [0.2, 0.25) is 0 Å². The maximum absolute atomic E-state index is 12.8. The summed E-state index contributed by atoms with van der Waals surface area (Å²) in [5.41, 5.74) is 1.09. The van der Waals surface area contributed by atoms with E-state index in [1.807, 2.05) is 0 Å². The van der Waals surface area contributed by atoms with E-state index in [1.165, 1.54) is 18.6 Å². The number of carbonyl (C=O) groups is 1. The molecule has 0 spiro atoms. The van der Waals surface area contributed by atoms with Crippen LogP contribution in [0, 0.1) is 10.1 Å². The number of nitrogens with zero attached hydrogens (tertiary/aromatic N) is 3. The third-order valence-corrected chi connectivity index (χ3v) is 5.09. The first kappa shape index (κ1) is 16.6. The highest BCUT2D eigenvalue weighted by atomic mass is 32.1. The van der Waals surface area contributed by atoms with Gasteiger partial charge in [-0.15, -0.1) is 0 Å². The number of thiocarbonyl (C=S) groups is 1. The van der Waals surface area contributed by atoms with Crippen molar-refractivity contribution >= 4 is 35.0 Å². The molecular formula is C17H19N3O3S. The largest absolute Gasteiger partial charge is 0.317 e. The number of benzene rings is 1. The smallest absolute Gasteiger partial charge is 0.277 e. The molecule has 1 aromatic rings. The SMILES string of the molecule is CN1C(=S)N(C2CCCCC2)C(=O)/C1=C/c1cccc([N+](=O)[O-])c1. The monoisotopic (exact) mass is 345 g/mol. The fourth-order valence-electron chi connectivity index (χ4n) is 3.32. The van der Waals surface area contributed by atoms with E-state index < -0.39 is 4.92 Å².